The predicted octanol–water partition coefficient (Wildman–Crippen LogP) is 3.66. The molecule has 0 aromatic rings. The third kappa shape index (κ3) is 5.53. The molecule has 0 spiro atoms. The van der Waals surface area contributed by atoms with E-state index in [1.54, 1.807) is 0 Å². The summed E-state index contributed by atoms with van der Waals surface area (Å²) in [7, 11) is 0. The molecule has 4 heteroatoms. The normalized spacial score (nSPS) is 26.6. The van der Waals surface area contributed by atoms with Gasteiger partial charge in [-0.25, -0.2) is 4.79 Å². The molecule has 0 aromatic carbocycles. The number of alkyl carbamates (subject to hydrolysis) is 1. The van der Waals surface area contributed by atoms with Crippen molar-refractivity contribution in [2.45, 2.75) is 77.7 Å². The molecule has 1 aliphatic carbocycles. The molecule has 4 nitrogen and oxygen atoms in total. The van der Waals surface area contributed by atoms with E-state index >= 15 is 0 Å². The van der Waals surface area contributed by atoms with Gasteiger partial charge in [0, 0.05) is 12.0 Å². The Morgan fingerprint density at radius 2 is 1.85 bits per heavy atom. The van der Waals surface area contributed by atoms with Crippen molar-refractivity contribution < 1.29 is 14.3 Å². The molecular formula is C16H29NO3. The minimum absolute atomic E-state index is 0.107. The number of carbonyl (C=O) groups excluding carboxylic acids is 1. The Kier molecular flexibility index (Phi) is 5.25. The van der Waals surface area contributed by atoms with Crippen LogP contribution in [0.5, 0.6) is 0 Å². The zero-order chi connectivity index (χ0) is 15.6. The van der Waals surface area contributed by atoms with Crippen molar-refractivity contribution in [2.75, 3.05) is 0 Å². The van der Waals surface area contributed by atoms with Gasteiger partial charge in [-0.3, -0.25) is 0 Å². The number of ether oxygens (including phenoxy) is 2. The Labute approximate surface area is 122 Å². The first-order valence-corrected chi connectivity index (χ1v) is 7.30. The van der Waals surface area contributed by atoms with Crippen molar-refractivity contribution in [2.24, 2.45) is 5.92 Å². The Balaban J connectivity index is 2.52. The molecule has 1 amide bonds. The zero-order valence-corrected chi connectivity index (χ0v) is 13.7. The van der Waals surface area contributed by atoms with Crippen LogP contribution in [0.15, 0.2) is 12.7 Å². The van der Waals surface area contributed by atoms with Gasteiger partial charge >= 0.3 is 6.09 Å². The highest BCUT2D eigenvalue weighted by atomic mass is 16.6. The number of hydrogen-bond donors (Lipinski definition) is 1. The molecule has 3 atom stereocenters. The second-order valence-electron chi connectivity index (χ2n) is 7.45. The number of amides is 1. The second kappa shape index (κ2) is 6.17. The van der Waals surface area contributed by atoms with Crippen LogP contribution in [0.2, 0.25) is 0 Å². The van der Waals surface area contributed by atoms with E-state index in [1.165, 1.54) is 0 Å². The van der Waals surface area contributed by atoms with E-state index < -0.39 is 5.60 Å². The molecule has 0 aliphatic heterocycles. The van der Waals surface area contributed by atoms with E-state index in [4.69, 9.17) is 9.47 Å². The van der Waals surface area contributed by atoms with Gasteiger partial charge in [-0.05, 0) is 54.4 Å². The first kappa shape index (κ1) is 17.0. The summed E-state index contributed by atoms with van der Waals surface area (Å²) in [6, 6.07) is 0.107. The van der Waals surface area contributed by atoms with Gasteiger partial charge in [-0.1, -0.05) is 6.08 Å². The van der Waals surface area contributed by atoms with Gasteiger partial charge in [0.05, 0.1) is 11.7 Å². The molecule has 1 rings (SSSR count). The van der Waals surface area contributed by atoms with Crippen molar-refractivity contribution in [3.63, 3.8) is 0 Å². The van der Waals surface area contributed by atoms with Crippen LogP contribution >= 0.6 is 0 Å². The quantitative estimate of drug-likeness (QED) is 0.801. The summed E-state index contributed by atoms with van der Waals surface area (Å²) in [6.07, 6.45) is 3.36. The lowest BCUT2D eigenvalue weighted by atomic mass is 9.74. The van der Waals surface area contributed by atoms with Gasteiger partial charge in [0.25, 0.3) is 0 Å². The van der Waals surface area contributed by atoms with Crippen molar-refractivity contribution >= 4 is 6.09 Å². The monoisotopic (exact) mass is 283 g/mol. The van der Waals surface area contributed by atoms with Gasteiger partial charge in [0.2, 0.25) is 0 Å². The summed E-state index contributed by atoms with van der Waals surface area (Å²) < 4.78 is 11.3. The number of allylic oxidation sites excluding steroid dienone is 1. The van der Waals surface area contributed by atoms with Crippen molar-refractivity contribution in [1.82, 2.24) is 5.32 Å². The molecule has 0 radical (unpaired) electrons. The standard InChI is InChI=1S/C16H29NO3/c1-8-9-11-12(10-13(11)19-15(2,3)4)17-14(18)20-16(5,6)7/h8,11-13H,1,9-10H2,2-7H3,(H,17,18)/t11-,12+,13+/m0/s1. The minimum Gasteiger partial charge on any atom is -0.444 e. The lowest BCUT2D eigenvalue weighted by Gasteiger charge is -2.46. The van der Waals surface area contributed by atoms with Crippen LogP contribution in [0.3, 0.4) is 0 Å². The third-order valence-corrected chi connectivity index (χ3v) is 3.13. The summed E-state index contributed by atoms with van der Waals surface area (Å²) in [5.41, 5.74) is -0.635. The van der Waals surface area contributed by atoms with Gasteiger partial charge in [-0.2, -0.15) is 0 Å². The average molecular weight is 283 g/mol. The molecule has 0 bridgehead atoms. The molecule has 1 aliphatic rings. The predicted molar refractivity (Wildman–Crippen MR) is 80.7 cm³/mol. The minimum atomic E-state index is -0.469. The number of nitrogens with one attached hydrogen (secondary N) is 1. The van der Waals surface area contributed by atoms with Crippen LogP contribution in [0.1, 0.15) is 54.4 Å². The van der Waals surface area contributed by atoms with Gasteiger partial charge in [0.15, 0.2) is 0 Å². The van der Waals surface area contributed by atoms with Gasteiger partial charge < -0.3 is 14.8 Å². The fraction of sp³-hybridized carbons (Fsp3) is 0.812. The Morgan fingerprint density at radius 1 is 1.25 bits per heavy atom. The molecule has 0 heterocycles. The lowest BCUT2D eigenvalue weighted by molar-refractivity contribution is -0.136. The smallest absolute Gasteiger partial charge is 0.407 e. The lowest BCUT2D eigenvalue weighted by Crippen LogP contribution is -2.58. The summed E-state index contributed by atoms with van der Waals surface area (Å²) >= 11 is 0. The fourth-order valence-corrected chi connectivity index (χ4v) is 2.39. The van der Waals surface area contributed by atoms with Crippen LogP contribution in [0.4, 0.5) is 4.79 Å². The third-order valence-electron chi connectivity index (χ3n) is 3.13. The number of rotatable bonds is 4. The van der Waals surface area contributed by atoms with E-state index in [-0.39, 0.29) is 29.8 Å². The van der Waals surface area contributed by atoms with Crippen LogP contribution < -0.4 is 5.32 Å². The topological polar surface area (TPSA) is 47.6 Å². The van der Waals surface area contributed by atoms with Crippen LogP contribution in [-0.2, 0) is 9.47 Å². The summed E-state index contributed by atoms with van der Waals surface area (Å²) in [4.78, 5) is 11.8. The molecule has 0 aromatic heterocycles. The summed E-state index contributed by atoms with van der Waals surface area (Å²) in [6.45, 7) is 15.5. The summed E-state index contributed by atoms with van der Waals surface area (Å²) in [5, 5.41) is 2.93. The van der Waals surface area contributed by atoms with Crippen LogP contribution in [-0.4, -0.2) is 29.4 Å². The highest BCUT2D eigenvalue weighted by molar-refractivity contribution is 5.68. The summed E-state index contributed by atoms with van der Waals surface area (Å²) in [5.74, 6) is 0.277. The van der Waals surface area contributed by atoms with Gasteiger partial charge in [0.1, 0.15) is 5.60 Å². The molecule has 20 heavy (non-hydrogen) atoms. The van der Waals surface area contributed by atoms with E-state index in [0.29, 0.717) is 0 Å². The Morgan fingerprint density at radius 3 is 2.30 bits per heavy atom. The van der Waals surface area contributed by atoms with Gasteiger partial charge in [-0.15, -0.1) is 6.58 Å². The Hall–Kier alpha value is -1.03. The van der Waals surface area contributed by atoms with Crippen LogP contribution in [0.25, 0.3) is 0 Å². The van der Waals surface area contributed by atoms with Crippen molar-refractivity contribution in [1.29, 1.82) is 0 Å². The van der Waals surface area contributed by atoms with E-state index in [1.807, 2.05) is 47.6 Å². The largest absolute Gasteiger partial charge is 0.444 e. The Bertz CT molecular complexity index is 352. The van der Waals surface area contributed by atoms with E-state index in [0.717, 1.165) is 12.8 Å². The highest BCUT2D eigenvalue weighted by Gasteiger charge is 2.43. The molecule has 116 valence electrons. The van der Waals surface area contributed by atoms with E-state index in [9.17, 15) is 4.79 Å². The highest BCUT2D eigenvalue weighted by Crippen LogP contribution is 2.36. The molecule has 0 saturated heterocycles. The molecule has 0 unspecified atom stereocenters. The first-order chi connectivity index (χ1) is 9.02. The first-order valence-electron chi connectivity index (χ1n) is 7.30. The molecule has 1 saturated carbocycles. The van der Waals surface area contributed by atoms with Crippen molar-refractivity contribution in [3.8, 4) is 0 Å². The molecule has 1 N–H and O–H groups in total. The maximum Gasteiger partial charge on any atom is 0.407 e. The molecule has 1 fully saturated rings. The zero-order valence-electron chi connectivity index (χ0n) is 13.7. The van der Waals surface area contributed by atoms with E-state index in [2.05, 4.69) is 11.9 Å². The maximum absolute atomic E-state index is 11.8. The van der Waals surface area contributed by atoms with Crippen molar-refractivity contribution in [3.05, 3.63) is 12.7 Å². The SMILES string of the molecule is C=CC[C@H]1[C@H](NC(=O)OC(C)(C)C)C[C@H]1OC(C)(C)C. The second-order valence-corrected chi connectivity index (χ2v) is 7.45. The average Bonchev–Trinajstić information content (AvgIpc) is 2.20. The number of carbonyl (C=O) groups is 1. The fourth-order valence-electron chi connectivity index (χ4n) is 2.39. The maximum atomic E-state index is 11.8. The van der Waals surface area contributed by atoms with Crippen LogP contribution in [0, 0.1) is 5.92 Å². The number of hydrogen-bond acceptors (Lipinski definition) is 3. The molecular weight excluding hydrogens is 254 g/mol.